The summed E-state index contributed by atoms with van der Waals surface area (Å²) in [5, 5.41) is 13.3. The molecular weight excluding hydrogens is 306 g/mol. The van der Waals surface area contributed by atoms with Gasteiger partial charge in [0.1, 0.15) is 11.5 Å². The SMILES string of the molecule is C/C(=N/NC(=O)c1cccc(O)c1)c1ccc(OC(F)F)cc1. The number of hydrogen-bond donors (Lipinski definition) is 2. The van der Waals surface area contributed by atoms with Crippen LogP contribution in [-0.2, 0) is 0 Å². The smallest absolute Gasteiger partial charge is 0.387 e. The van der Waals surface area contributed by atoms with Crippen LogP contribution in [0.3, 0.4) is 0 Å². The molecule has 0 aliphatic carbocycles. The highest BCUT2D eigenvalue weighted by molar-refractivity contribution is 6.01. The molecule has 0 saturated carbocycles. The van der Waals surface area contributed by atoms with Crippen molar-refractivity contribution in [2.45, 2.75) is 13.5 Å². The lowest BCUT2D eigenvalue weighted by Crippen LogP contribution is -2.19. The Morgan fingerprint density at radius 3 is 2.48 bits per heavy atom. The van der Waals surface area contributed by atoms with Crippen LogP contribution in [0.5, 0.6) is 11.5 Å². The van der Waals surface area contributed by atoms with E-state index in [9.17, 15) is 18.7 Å². The van der Waals surface area contributed by atoms with Crippen molar-refractivity contribution >= 4 is 11.6 Å². The molecule has 2 rings (SSSR count). The molecule has 2 N–H and O–H groups in total. The zero-order valence-corrected chi connectivity index (χ0v) is 12.2. The molecule has 0 bridgehead atoms. The molecule has 0 unspecified atom stereocenters. The fourth-order valence-corrected chi connectivity index (χ4v) is 1.79. The number of carbonyl (C=O) groups is 1. The quantitative estimate of drug-likeness (QED) is 0.657. The third-order valence-electron chi connectivity index (χ3n) is 2.93. The van der Waals surface area contributed by atoms with Crippen molar-refractivity contribution in [1.29, 1.82) is 0 Å². The number of phenolic OH excluding ortho intramolecular Hbond substituents is 1. The van der Waals surface area contributed by atoms with E-state index in [-0.39, 0.29) is 17.1 Å². The van der Waals surface area contributed by atoms with Crippen LogP contribution >= 0.6 is 0 Å². The molecule has 0 fully saturated rings. The molecule has 0 radical (unpaired) electrons. The molecule has 0 aromatic heterocycles. The predicted molar refractivity (Wildman–Crippen MR) is 80.9 cm³/mol. The Bertz CT molecular complexity index is 716. The largest absolute Gasteiger partial charge is 0.508 e. The Balaban J connectivity index is 2.03. The summed E-state index contributed by atoms with van der Waals surface area (Å²) in [7, 11) is 0. The Morgan fingerprint density at radius 1 is 1.17 bits per heavy atom. The van der Waals surface area contributed by atoms with E-state index in [1.807, 2.05) is 0 Å². The second-order valence-electron chi connectivity index (χ2n) is 4.59. The van der Waals surface area contributed by atoms with E-state index >= 15 is 0 Å². The number of aromatic hydroxyl groups is 1. The van der Waals surface area contributed by atoms with Crippen LogP contribution < -0.4 is 10.2 Å². The number of carbonyl (C=O) groups excluding carboxylic acids is 1. The first kappa shape index (κ1) is 16.4. The molecule has 23 heavy (non-hydrogen) atoms. The number of nitrogens with zero attached hydrogens (tertiary/aromatic N) is 1. The predicted octanol–water partition coefficient (Wildman–Crippen LogP) is 3.15. The Labute approximate surface area is 131 Å². The molecule has 0 spiro atoms. The van der Waals surface area contributed by atoms with E-state index in [1.165, 1.54) is 30.3 Å². The van der Waals surface area contributed by atoms with Crippen LogP contribution in [0.25, 0.3) is 0 Å². The first-order chi connectivity index (χ1) is 11.0. The first-order valence-electron chi connectivity index (χ1n) is 6.64. The van der Waals surface area contributed by atoms with Crippen LogP contribution in [0.2, 0.25) is 0 Å². The molecule has 2 aromatic carbocycles. The standard InChI is InChI=1S/C16H14F2N2O3/c1-10(11-5-7-14(8-6-11)23-16(17)18)19-20-15(22)12-3-2-4-13(21)9-12/h2-9,16,21H,1H3,(H,20,22)/b19-10-. The average molecular weight is 320 g/mol. The van der Waals surface area contributed by atoms with Crippen LogP contribution in [0.15, 0.2) is 53.6 Å². The molecule has 0 saturated heterocycles. The summed E-state index contributed by atoms with van der Waals surface area (Å²) >= 11 is 0. The second-order valence-corrected chi connectivity index (χ2v) is 4.59. The van der Waals surface area contributed by atoms with E-state index in [0.717, 1.165) is 0 Å². The van der Waals surface area contributed by atoms with E-state index in [4.69, 9.17) is 0 Å². The van der Waals surface area contributed by atoms with Crippen molar-refractivity contribution in [2.75, 3.05) is 0 Å². The minimum atomic E-state index is -2.88. The molecule has 1 amide bonds. The number of ether oxygens (including phenoxy) is 1. The zero-order valence-electron chi connectivity index (χ0n) is 12.2. The summed E-state index contributed by atoms with van der Waals surface area (Å²) in [5.74, 6) is -0.453. The van der Waals surface area contributed by atoms with Crippen LogP contribution in [0.1, 0.15) is 22.8 Å². The molecule has 120 valence electrons. The lowest BCUT2D eigenvalue weighted by molar-refractivity contribution is -0.0498. The summed E-state index contributed by atoms with van der Waals surface area (Å²) in [6.45, 7) is -1.22. The maximum absolute atomic E-state index is 12.1. The molecular formula is C16H14F2N2O3. The van der Waals surface area contributed by atoms with Crippen LogP contribution in [0, 0.1) is 0 Å². The number of rotatable bonds is 5. The lowest BCUT2D eigenvalue weighted by atomic mass is 10.1. The van der Waals surface area contributed by atoms with Crippen LogP contribution in [-0.4, -0.2) is 23.3 Å². The monoisotopic (exact) mass is 320 g/mol. The Kier molecular flexibility index (Phi) is 5.24. The third-order valence-corrected chi connectivity index (χ3v) is 2.93. The first-order valence-corrected chi connectivity index (χ1v) is 6.64. The fourth-order valence-electron chi connectivity index (χ4n) is 1.79. The zero-order chi connectivity index (χ0) is 16.8. The molecule has 0 aliphatic heterocycles. The summed E-state index contributed by atoms with van der Waals surface area (Å²) in [4.78, 5) is 11.9. The number of hydrogen-bond acceptors (Lipinski definition) is 4. The molecule has 5 nitrogen and oxygen atoms in total. The van der Waals surface area contributed by atoms with Gasteiger partial charge in [-0.2, -0.15) is 13.9 Å². The van der Waals surface area contributed by atoms with Gasteiger partial charge in [0.2, 0.25) is 0 Å². The van der Waals surface area contributed by atoms with Gasteiger partial charge in [0.05, 0.1) is 5.71 Å². The molecule has 2 aromatic rings. The van der Waals surface area contributed by atoms with E-state index < -0.39 is 12.5 Å². The highest BCUT2D eigenvalue weighted by atomic mass is 19.3. The van der Waals surface area contributed by atoms with Crippen molar-refractivity contribution in [1.82, 2.24) is 5.43 Å². The molecule has 0 aliphatic rings. The van der Waals surface area contributed by atoms with Crippen molar-refractivity contribution in [3.63, 3.8) is 0 Å². The minimum absolute atomic E-state index is 0.0204. The van der Waals surface area contributed by atoms with Gasteiger partial charge in [-0.1, -0.05) is 6.07 Å². The van der Waals surface area contributed by atoms with Gasteiger partial charge in [0, 0.05) is 5.56 Å². The van der Waals surface area contributed by atoms with Gasteiger partial charge >= 0.3 is 6.61 Å². The second kappa shape index (κ2) is 7.35. The van der Waals surface area contributed by atoms with Gasteiger partial charge in [0.15, 0.2) is 0 Å². The van der Waals surface area contributed by atoms with Gasteiger partial charge in [-0.05, 0) is 55.0 Å². The van der Waals surface area contributed by atoms with Gasteiger partial charge < -0.3 is 9.84 Å². The van der Waals surface area contributed by atoms with Crippen molar-refractivity contribution in [2.24, 2.45) is 5.10 Å². The van der Waals surface area contributed by atoms with E-state index in [1.54, 1.807) is 25.1 Å². The van der Waals surface area contributed by atoms with E-state index in [2.05, 4.69) is 15.3 Å². The summed E-state index contributed by atoms with van der Waals surface area (Å²) < 4.78 is 28.4. The summed E-state index contributed by atoms with van der Waals surface area (Å²) in [5.41, 5.74) is 3.75. The number of halogens is 2. The number of hydrazone groups is 1. The number of benzene rings is 2. The topological polar surface area (TPSA) is 70.9 Å². The maximum atomic E-state index is 12.1. The summed E-state index contributed by atoms with van der Waals surface area (Å²) in [6, 6.07) is 11.7. The number of alkyl halides is 2. The average Bonchev–Trinajstić information content (AvgIpc) is 2.52. The molecule has 0 heterocycles. The van der Waals surface area contributed by atoms with Gasteiger partial charge in [-0.3, -0.25) is 4.79 Å². The Hall–Kier alpha value is -2.96. The maximum Gasteiger partial charge on any atom is 0.387 e. The normalized spacial score (nSPS) is 11.4. The minimum Gasteiger partial charge on any atom is -0.508 e. The van der Waals surface area contributed by atoms with Crippen molar-refractivity contribution < 1.29 is 23.4 Å². The van der Waals surface area contributed by atoms with Crippen LogP contribution in [0.4, 0.5) is 8.78 Å². The lowest BCUT2D eigenvalue weighted by Gasteiger charge is -2.06. The highest BCUT2D eigenvalue weighted by Gasteiger charge is 2.07. The van der Waals surface area contributed by atoms with Gasteiger partial charge in [-0.25, -0.2) is 5.43 Å². The van der Waals surface area contributed by atoms with E-state index in [0.29, 0.717) is 11.3 Å². The fraction of sp³-hybridized carbons (Fsp3) is 0.125. The molecule has 7 heteroatoms. The van der Waals surface area contributed by atoms with Gasteiger partial charge in [-0.15, -0.1) is 0 Å². The summed E-state index contributed by atoms with van der Waals surface area (Å²) in [6.07, 6.45) is 0. The number of nitrogens with one attached hydrogen (secondary N) is 1. The Morgan fingerprint density at radius 2 is 1.87 bits per heavy atom. The number of amides is 1. The van der Waals surface area contributed by atoms with Crippen molar-refractivity contribution in [3.8, 4) is 11.5 Å². The molecule has 0 atom stereocenters. The van der Waals surface area contributed by atoms with Crippen molar-refractivity contribution in [3.05, 3.63) is 59.7 Å². The number of phenols is 1. The van der Waals surface area contributed by atoms with Gasteiger partial charge in [0.25, 0.3) is 5.91 Å². The highest BCUT2D eigenvalue weighted by Crippen LogP contribution is 2.15. The third kappa shape index (κ3) is 4.77.